The summed E-state index contributed by atoms with van der Waals surface area (Å²) in [5, 5.41) is 3.16. The number of carbonyl (C=O) groups excluding carboxylic acids is 2. The molecule has 1 saturated carbocycles. The number of hydrogen-bond donors (Lipinski definition) is 1. The second-order valence-electron chi connectivity index (χ2n) is 7.39. The van der Waals surface area contributed by atoms with E-state index < -0.39 is 5.54 Å². The zero-order chi connectivity index (χ0) is 18.7. The molecule has 2 aliphatic rings. The Balaban J connectivity index is 1.80. The van der Waals surface area contributed by atoms with Crippen LogP contribution in [0.1, 0.15) is 51.0 Å². The van der Waals surface area contributed by atoms with Gasteiger partial charge < -0.3 is 19.7 Å². The molecule has 2 amide bonds. The van der Waals surface area contributed by atoms with Gasteiger partial charge in [-0.25, -0.2) is 0 Å². The highest BCUT2D eigenvalue weighted by atomic mass is 16.5. The topological polar surface area (TPSA) is 67.9 Å². The average molecular weight is 360 g/mol. The standard InChI is InChI=1S/C20H28N2O4/c1-20(19(24)21-15-6-4-5-7-15)11-10-18(23)22(20)13-14-8-9-16(25-2)12-17(14)26-3/h8-9,12,15H,4-7,10-11,13H2,1-3H3,(H,21,24)/t20-/m1/s1. The molecule has 6 heteroatoms. The lowest BCUT2D eigenvalue weighted by Crippen LogP contribution is -2.55. The summed E-state index contributed by atoms with van der Waals surface area (Å²) < 4.78 is 10.7. The molecule has 1 aliphatic heterocycles. The van der Waals surface area contributed by atoms with Crippen molar-refractivity contribution in [1.29, 1.82) is 0 Å². The van der Waals surface area contributed by atoms with Crippen molar-refractivity contribution in [2.75, 3.05) is 14.2 Å². The highest BCUT2D eigenvalue weighted by Crippen LogP contribution is 2.35. The van der Waals surface area contributed by atoms with Crippen LogP contribution in [0, 0.1) is 0 Å². The lowest BCUT2D eigenvalue weighted by atomic mass is 9.96. The summed E-state index contributed by atoms with van der Waals surface area (Å²) in [5.74, 6) is 1.32. The van der Waals surface area contributed by atoms with Gasteiger partial charge in [-0.05, 0) is 38.3 Å². The molecule has 1 aromatic rings. The fourth-order valence-corrected chi connectivity index (χ4v) is 3.96. The summed E-state index contributed by atoms with van der Waals surface area (Å²) in [7, 11) is 3.19. The average Bonchev–Trinajstić information content (AvgIpc) is 3.26. The normalized spacial score (nSPS) is 23.3. The Bertz CT molecular complexity index is 684. The predicted octanol–water partition coefficient (Wildman–Crippen LogP) is 2.64. The summed E-state index contributed by atoms with van der Waals surface area (Å²) in [5.41, 5.74) is 0.0494. The van der Waals surface area contributed by atoms with Gasteiger partial charge in [0.15, 0.2) is 0 Å². The molecule has 0 unspecified atom stereocenters. The molecule has 1 atom stereocenters. The van der Waals surface area contributed by atoms with E-state index in [1.54, 1.807) is 25.2 Å². The molecule has 6 nitrogen and oxygen atoms in total. The van der Waals surface area contributed by atoms with Crippen molar-refractivity contribution in [2.24, 2.45) is 0 Å². The van der Waals surface area contributed by atoms with E-state index >= 15 is 0 Å². The van der Waals surface area contributed by atoms with Gasteiger partial charge in [0.25, 0.3) is 0 Å². The Labute approximate surface area is 154 Å². The molecular formula is C20H28N2O4. The van der Waals surface area contributed by atoms with Crippen molar-refractivity contribution in [3.63, 3.8) is 0 Å². The van der Waals surface area contributed by atoms with Crippen molar-refractivity contribution in [3.8, 4) is 11.5 Å². The molecule has 1 saturated heterocycles. The molecule has 0 bridgehead atoms. The van der Waals surface area contributed by atoms with E-state index in [1.807, 2.05) is 19.1 Å². The third-order valence-electron chi connectivity index (χ3n) is 5.72. The first-order valence-corrected chi connectivity index (χ1v) is 9.30. The van der Waals surface area contributed by atoms with Gasteiger partial charge in [-0.15, -0.1) is 0 Å². The molecule has 142 valence electrons. The van der Waals surface area contributed by atoms with Crippen LogP contribution >= 0.6 is 0 Å². The number of methoxy groups -OCH3 is 2. The second-order valence-corrected chi connectivity index (χ2v) is 7.39. The van der Waals surface area contributed by atoms with Gasteiger partial charge in [-0.3, -0.25) is 9.59 Å². The van der Waals surface area contributed by atoms with Gasteiger partial charge in [0, 0.05) is 24.1 Å². The first kappa shape index (κ1) is 18.5. The van der Waals surface area contributed by atoms with Crippen LogP contribution in [0.2, 0.25) is 0 Å². The first-order valence-electron chi connectivity index (χ1n) is 9.30. The van der Waals surface area contributed by atoms with E-state index in [9.17, 15) is 9.59 Å². The summed E-state index contributed by atoms with van der Waals surface area (Å²) in [6.07, 6.45) is 5.32. The van der Waals surface area contributed by atoms with Crippen LogP contribution in [0.15, 0.2) is 18.2 Å². The SMILES string of the molecule is COc1ccc(CN2C(=O)CC[C@]2(C)C(=O)NC2CCCC2)c(OC)c1. The second kappa shape index (κ2) is 7.56. The molecular weight excluding hydrogens is 332 g/mol. The van der Waals surface area contributed by atoms with Crippen molar-refractivity contribution in [1.82, 2.24) is 10.2 Å². The Morgan fingerprint density at radius 3 is 2.65 bits per heavy atom. The number of ether oxygens (including phenoxy) is 2. The van der Waals surface area contributed by atoms with E-state index in [1.165, 1.54) is 0 Å². The molecule has 0 radical (unpaired) electrons. The fourth-order valence-electron chi connectivity index (χ4n) is 3.96. The maximum atomic E-state index is 13.0. The van der Waals surface area contributed by atoms with Crippen LogP contribution in [-0.2, 0) is 16.1 Å². The summed E-state index contributed by atoms with van der Waals surface area (Å²) in [6.45, 7) is 2.22. The monoisotopic (exact) mass is 360 g/mol. The van der Waals surface area contributed by atoms with Crippen molar-refractivity contribution in [3.05, 3.63) is 23.8 Å². The minimum atomic E-state index is -0.815. The molecule has 1 aromatic carbocycles. The van der Waals surface area contributed by atoms with E-state index in [2.05, 4.69) is 5.32 Å². The predicted molar refractivity (Wildman–Crippen MR) is 98.1 cm³/mol. The zero-order valence-electron chi connectivity index (χ0n) is 15.8. The van der Waals surface area contributed by atoms with Crippen LogP contribution in [0.25, 0.3) is 0 Å². The number of likely N-dealkylation sites (tertiary alicyclic amines) is 1. The van der Waals surface area contributed by atoms with E-state index in [4.69, 9.17) is 9.47 Å². The van der Waals surface area contributed by atoms with Gasteiger partial charge in [-0.2, -0.15) is 0 Å². The smallest absolute Gasteiger partial charge is 0.245 e. The van der Waals surface area contributed by atoms with Gasteiger partial charge in [0.05, 0.1) is 20.8 Å². The molecule has 1 heterocycles. The number of rotatable bonds is 6. The maximum absolute atomic E-state index is 13.0. The maximum Gasteiger partial charge on any atom is 0.245 e. The number of hydrogen-bond acceptors (Lipinski definition) is 4. The summed E-state index contributed by atoms with van der Waals surface area (Å²) >= 11 is 0. The van der Waals surface area contributed by atoms with E-state index in [0.29, 0.717) is 30.9 Å². The molecule has 0 aromatic heterocycles. The van der Waals surface area contributed by atoms with E-state index in [0.717, 1.165) is 31.2 Å². The number of nitrogens with one attached hydrogen (secondary N) is 1. The van der Waals surface area contributed by atoms with E-state index in [-0.39, 0.29) is 17.9 Å². The Morgan fingerprint density at radius 1 is 1.27 bits per heavy atom. The number of benzene rings is 1. The number of amides is 2. The van der Waals surface area contributed by atoms with Crippen LogP contribution < -0.4 is 14.8 Å². The van der Waals surface area contributed by atoms with Crippen LogP contribution in [0.4, 0.5) is 0 Å². The van der Waals surface area contributed by atoms with Crippen molar-refractivity contribution >= 4 is 11.8 Å². The van der Waals surface area contributed by atoms with Gasteiger partial charge in [0.2, 0.25) is 11.8 Å². The molecule has 1 N–H and O–H groups in total. The number of nitrogens with zero attached hydrogens (tertiary/aromatic N) is 1. The zero-order valence-corrected chi connectivity index (χ0v) is 15.8. The third-order valence-corrected chi connectivity index (χ3v) is 5.72. The molecule has 26 heavy (non-hydrogen) atoms. The summed E-state index contributed by atoms with van der Waals surface area (Å²) in [4.78, 5) is 27.2. The van der Waals surface area contributed by atoms with Gasteiger partial charge >= 0.3 is 0 Å². The van der Waals surface area contributed by atoms with Gasteiger partial charge in [0.1, 0.15) is 17.0 Å². The minimum absolute atomic E-state index is 0.00643. The Morgan fingerprint density at radius 2 is 2.00 bits per heavy atom. The van der Waals surface area contributed by atoms with Crippen molar-refractivity contribution < 1.29 is 19.1 Å². The van der Waals surface area contributed by atoms with Crippen LogP contribution in [0.5, 0.6) is 11.5 Å². The quantitative estimate of drug-likeness (QED) is 0.847. The van der Waals surface area contributed by atoms with Gasteiger partial charge in [-0.1, -0.05) is 12.8 Å². The largest absolute Gasteiger partial charge is 0.497 e. The summed E-state index contributed by atoms with van der Waals surface area (Å²) in [6, 6.07) is 5.77. The molecule has 2 fully saturated rings. The van der Waals surface area contributed by atoms with Crippen LogP contribution in [0.3, 0.4) is 0 Å². The molecule has 3 rings (SSSR count). The third kappa shape index (κ3) is 3.50. The highest BCUT2D eigenvalue weighted by molar-refractivity contribution is 5.94. The molecule has 1 aliphatic carbocycles. The minimum Gasteiger partial charge on any atom is -0.497 e. The molecule has 0 spiro atoms. The number of carbonyl (C=O) groups is 2. The lowest BCUT2D eigenvalue weighted by molar-refractivity contribution is -0.141. The Hall–Kier alpha value is -2.24. The van der Waals surface area contributed by atoms with Crippen molar-refractivity contribution in [2.45, 2.75) is 63.6 Å². The first-order chi connectivity index (χ1) is 12.5. The fraction of sp³-hybridized carbons (Fsp3) is 0.600. The highest BCUT2D eigenvalue weighted by Gasteiger charge is 2.47. The lowest BCUT2D eigenvalue weighted by Gasteiger charge is -2.35. The van der Waals surface area contributed by atoms with Crippen LogP contribution in [-0.4, -0.2) is 42.5 Å². The Kier molecular flexibility index (Phi) is 5.39.